The monoisotopic (exact) mass is 243 g/mol. The predicted molar refractivity (Wildman–Crippen MR) is 64.0 cm³/mol. The minimum Gasteiger partial charge on any atom is -0.379 e. The van der Waals surface area contributed by atoms with E-state index < -0.39 is 0 Å². The Morgan fingerprint density at radius 1 is 1.18 bits per heavy atom. The highest BCUT2D eigenvalue weighted by atomic mass is 16.5. The molecule has 1 aliphatic rings. The molecule has 0 saturated carbocycles. The Balaban J connectivity index is 1.97. The van der Waals surface area contributed by atoms with E-state index in [1.807, 2.05) is 0 Å². The van der Waals surface area contributed by atoms with Crippen molar-refractivity contribution in [3.8, 4) is 0 Å². The molecule has 98 valence electrons. The maximum atomic E-state index is 11.3. The molecule has 2 amide bonds. The third-order valence-electron chi connectivity index (χ3n) is 2.58. The van der Waals surface area contributed by atoms with Crippen LogP contribution >= 0.6 is 0 Å². The average Bonchev–Trinajstić information content (AvgIpc) is 2.30. The van der Waals surface area contributed by atoms with Gasteiger partial charge in [-0.15, -0.1) is 0 Å². The number of nitrogens with zero attached hydrogens (tertiary/aromatic N) is 1. The molecule has 6 nitrogen and oxygen atoms in total. The van der Waals surface area contributed by atoms with Gasteiger partial charge in [0.15, 0.2) is 0 Å². The van der Waals surface area contributed by atoms with Crippen molar-refractivity contribution in [3.63, 3.8) is 0 Å². The van der Waals surface area contributed by atoms with Gasteiger partial charge in [0.1, 0.15) is 5.78 Å². The van der Waals surface area contributed by atoms with Crippen molar-refractivity contribution < 1.29 is 14.3 Å². The number of amides is 2. The second-order valence-corrected chi connectivity index (χ2v) is 4.09. The number of morpholine rings is 1. The number of urea groups is 1. The second-order valence-electron chi connectivity index (χ2n) is 4.09. The summed E-state index contributed by atoms with van der Waals surface area (Å²) in [6, 6.07) is -0.209. The molecule has 0 atom stereocenters. The van der Waals surface area contributed by atoms with Crippen molar-refractivity contribution in [1.82, 2.24) is 15.5 Å². The first kappa shape index (κ1) is 13.9. The molecule has 17 heavy (non-hydrogen) atoms. The summed E-state index contributed by atoms with van der Waals surface area (Å²) in [5.74, 6) is 0.0821. The van der Waals surface area contributed by atoms with Crippen LogP contribution in [0, 0.1) is 0 Å². The molecular weight excluding hydrogens is 222 g/mol. The Morgan fingerprint density at radius 3 is 2.47 bits per heavy atom. The fourth-order valence-corrected chi connectivity index (χ4v) is 1.57. The first-order valence-corrected chi connectivity index (χ1v) is 5.99. The van der Waals surface area contributed by atoms with Crippen LogP contribution in [0.15, 0.2) is 0 Å². The zero-order chi connectivity index (χ0) is 12.5. The van der Waals surface area contributed by atoms with E-state index >= 15 is 0 Å². The Bertz CT molecular complexity index is 252. The van der Waals surface area contributed by atoms with E-state index in [0.717, 1.165) is 32.8 Å². The number of rotatable bonds is 6. The quantitative estimate of drug-likeness (QED) is 0.666. The maximum Gasteiger partial charge on any atom is 0.314 e. The van der Waals surface area contributed by atoms with Crippen LogP contribution in [0.2, 0.25) is 0 Å². The van der Waals surface area contributed by atoms with E-state index in [4.69, 9.17) is 4.74 Å². The van der Waals surface area contributed by atoms with Crippen LogP contribution in [-0.4, -0.2) is 62.7 Å². The molecule has 0 aromatic carbocycles. The predicted octanol–water partition coefficient (Wildman–Crippen LogP) is -0.403. The van der Waals surface area contributed by atoms with Gasteiger partial charge in [-0.3, -0.25) is 9.69 Å². The lowest BCUT2D eigenvalue weighted by Crippen LogP contribution is -2.44. The largest absolute Gasteiger partial charge is 0.379 e. The number of hydrogen-bond acceptors (Lipinski definition) is 4. The average molecular weight is 243 g/mol. The minimum atomic E-state index is -0.209. The molecule has 0 aromatic heterocycles. The van der Waals surface area contributed by atoms with Gasteiger partial charge in [0.2, 0.25) is 0 Å². The molecule has 2 N–H and O–H groups in total. The van der Waals surface area contributed by atoms with E-state index in [2.05, 4.69) is 15.5 Å². The summed E-state index contributed by atoms with van der Waals surface area (Å²) in [5, 5.41) is 5.40. The van der Waals surface area contributed by atoms with E-state index in [1.54, 1.807) is 0 Å². The minimum absolute atomic E-state index is 0.0821. The molecule has 1 saturated heterocycles. The Kier molecular flexibility index (Phi) is 6.57. The fraction of sp³-hybridized carbons (Fsp3) is 0.818. The van der Waals surface area contributed by atoms with Crippen LogP contribution in [-0.2, 0) is 9.53 Å². The van der Waals surface area contributed by atoms with Crippen molar-refractivity contribution in [2.75, 3.05) is 45.9 Å². The summed E-state index contributed by atoms with van der Waals surface area (Å²) in [5.41, 5.74) is 0. The molecule has 0 radical (unpaired) electrons. The third-order valence-corrected chi connectivity index (χ3v) is 2.58. The summed E-state index contributed by atoms with van der Waals surface area (Å²) in [6.07, 6.45) is 0.386. The molecule has 1 fully saturated rings. The van der Waals surface area contributed by atoms with Gasteiger partial charge in [0.25, 0.3) is 0 Å². The standard InChI is InChI=1S/C11H21N3O3/c1-10(15)2-3-12-11(16)13-4-5-14-6-8-17-9-7-14/h2-9H2,1H3,(H2,12,13,16). The summed E-state index contributed by atoms with van der Waals surface area (Å²) in [7, 11) is 0. The van der Waals surface area contributed by atoms with Gasteiger partial charge in [-0.05, 0) is 6.92 Å². The molecule has 0 bridgehead atoms. The number of carbonyl (C=O) groups is 2. The normalized spacial score (nSPS) is 16.5. The number of nitrogens with one attached hydrogen (secondary N) is 2. The van der Waals surface area contributed by atoms with E-state index in [9.17, 15) is 9.59 Å². The van der Waals surface area contributed by atoms with Crippen LogP contribution in [0.4, 0.5) is 4.79 Å². The van der Waals surface area contributed by atoms with Crippen LogP contribution in [0.25, 0.3) is 0 Å². The van der Waals surface area contributed by atoms with E-state index in [0.29, 0.717) is 19.5 Å². The van der Waals surface area contributed by atoms with Gasteiger partial charge in [-0.2, -0.15) is 0 Å². The Hall–Kier alpha value is -1.14. The highest BCUT2D eigenvalue weighted by Gasteiger charge is 2.09. The smallest absolute Gasteiger partial charge is 0.314 e. The number of ketones is 1. The van der Waals surface area contributed by atoms with Crippen molar-refractivity contribution in [3.05, 3.63) is 0 Å². The van der Waals surface area contributed by atoms with Crippen molar-refractivity contribution in [1.29, 1.82) is 0 Å². The zero-order valence-electron chi connectivity index (χ0n) is 10.3. The number of hydrogen-bond donors (Lipinski definition) is 2. The zero-order valence-corrected chi connectivity index (χ0v) is 10.3. The molecule has 0 unspecified atom stereocenters. The summed E-state index contributed by atoms with van der Waals surface area (Å²) < 4.78 is 5.23. The topological polar surface area (TPSA) is 70.7 Å². The van der Waals surface area contributed by atoms with Gasteiger partial charge in [0, 0.05) is 39.1 Å². The Labute approximate surface area is 102 Å². The third kappa shape index (κ3) is 6.91. The molecule has 0 aliphatic carbocycles. The second kappa shape index (κ2) is 8.03. The van der Waals surface area contributed by atoms with Gasteiger partial charge in [-0.1, -0.05) is 0 Å². The molecule has 6 heteroatoms. The lowest BCUT2D eigenvalue weighted by molar-refractivity contribution is -0.116. The first-order chi connectivity index (χ1) is 8.18. The van der Waals surface area contributed by atoms with Gasteiger partial charge < -0.3 is 15.4 Å². The number of carbonyl (C=O) groups excluding carboxylic acids is 2. The van der Waals surface area contributed by atoms with Crippen LogP contribution in [0.5, 0.6) is 0 Å². The lowest BCUT2D eigenvalue weighted by Gasteiger charge is -2.26. The SMILES string of the molecule is CC(=O)CCNC(=O)NCCN1CCOCC1. The maximum absolute atomic E-state index is 11.3. The molecule has 1 heterocycles. The van der Waals surface area contributed by atoms with E-state index in [-0.39, 0.29) is 11.8 Å². The van der Waals surface area contributed by atoms with Gasteiger partial charge in [0.05, 0.1) is 13.2 Å². The van der Waals surface area contributed by atoms with Crippen LogP contribution < -0.4 is 10.6 Å². The lowest BCUT2D eigenvalue weighted by atomic mass is 10.3. The van der Waals surface area contributed by atoms with Crippen molar-refractivity contribution in [2.45, 2.75) is 13.3 Å². The van der Waals surface area contributed by atoms with Gasteiger partial charge >= 0.3 is 6.03 Å². The summed E-state index contributed by atoms with van der Waals surface area (Å²) >= 11 is 0. The summed E-state index contributed by atoms with van der Waals surface area (Å²) in [6.45, 7) is 6.75. The molecule has 0 aromatic rings. The fourth-order valence-electron chi connectivity index (χ4n) is 1.57. The van der Waals surface area contributed by atoms with Crippen LogP contribution in [0.1, 0.15) is 13.3 Å². The summed E-state index contributed by atoms with van der Waals surface area (Å²) in [4.78, 5) is 24.2. The highest BCUT2D eigenvalue weighted by molar-refractivity contribution is 5.77. The van der Waals surface area contributed by atoms with E-state index in [1.165, 1.54) is 6.92 Å². The molecule has 1 rings (SSSR count). The molecular formula is C11H21N3O3. The Morgan fingerprint density at radius 2 is 1.82 bits per heavy atom. The highest BCUT2D eigenvalue weighted by Crippen LogP contribution is 1.94. The van der Waals surface area contributed by atoms with Gasteiger partial charge in [-0.25, -0.2) is 4.79 Å². The molecule has 0 spiro atoms. The number of ether oxygens (including phenoxy) is 1. The number of Topliss-reactive ketones (excluding diaryl/α,β-unsaturated/α-hetero) is 1. The van der Waals surface area contributed by atoms with Crippen molar-refractivity contribution in [2.24, 2.45) is 0 Å². The molecule has 1 aliphatic heterocycles. The van der Waals surface area contributed by atoms with Crippen LogP contribution in [0.3, 0.4) is 0 Å². The first-order valence-electron chi connectivity index (χ1n) is 5.99. The van der Waals surface area contributed by atoms with Crippen molar-refractivity contribution >= 4 is 11.8 Å².